The Morgan fingerprint density at radius 1 is 1.38 bits per heavy atom. The first-order valence-electron chi connectivity index (χ1n) is 7.05. The highest BCUT2D eigenvalue weighted by atomic mass is 35.5. The molecule has 0 radical (unpaired) electrons. The molecule has 114 valence electrons. The molecule has 1 aromatic heterocycles. The minimum Gasteiger partial charge on any atom is -0.327 e. The van der Waals surface area contributed by atoms with Crippen LogP contribution in [0.4, 0.5) is 0 Å². The standard InChI is InChI=1S/C15H21ClN4S/c1-11(2)8-20-15(18-10-19-20)7-13(17)9-21-14-5-3-4-12(16)6-14/h3-6,10-11,13H,7-9,17H2,1-2H3. The van der Waals surface area contributed by atoms with Crippen molar-refractivity contribution >= 4 is 23.4 Å². The van der Waals surface area contributed by atoms with Crippen LogP contribution in [0.15, 0.2) is 35.5 Å². The lowest BCUT2D eigenvalue weighted by Crippen LogP contribution is -2.27. The summed E-state index contributed by atoms with van der Waals surface area (Å²) in [5.74, 6) is 2.33. The summed E-state index contributed by atoms with van der Waals surface area (Å²) in [6.07, 6.45) is 2.34. The average Bonchev–Trinajstić information content (AvgIpc) is 2.83. The van der Waals surface area contributed by atoms with E-state index in [-0.39, 0.29) is 6.04 Å². The van der Waals surface area contributed by atoms with Crippen molar-refractivity contribution in [3.8, 4) is 0 Å². The molecule has 1 atom stereocenters. The summed E-state index contributed by atoms with van der Waals surface area (Å²) in [4.78, 5) is 5.46. The van der Waals surface area contributed by atoms with Crippen molar-refractivity contribution in [3.63, 3.8) is 0 Å². The molecule has 1 unspecified atom stereocenters. The van der Waals surface area contributed by atoms with Crippen LogP contribution in [-0.4, -0.2) is 26.6 Å². The summed E-state index contributed by atoms with van der Waals surface area (Å²) in [6.45, 7) is 5.21. The maximum absolute atomic E-state index is 6.22. The van der Waals surface area contributed by atoms with Gasteiger partial charge in [0.1, 0.15) is 12.2 Å². The van der Waals surface area contributed by atoms with Gasteiger partial charge in [0.2, 0.25) is 0 Å². The van der Waals surface area contributed by atoms with Gasteiger partial charge in [-0.2, -0.15) is 5.10 Å². The van der Waals surface area contributed by atoms with E-state index in [1.807, 2.05) is 28.9 Å². The third-order valence-corrected chi connectivity index (χ3v) is 4.36. The number of hydrogen-bond acceptors (Lipinski definition) is 4. The molecule has 2 rings (SSSR count). The van der Waals surface area contributed by atoms with E-state index in [1.165, 1.54) is 0 Å². The third-order valence-electron chi connectivity index (χ3n) is 2.94. The maximum Gasteiger partial charge on any atom is 0.138 e. The van der Waals surface area contributed by atoms with Crippen LogP contribution in [0.1, 0.15) is 19.7 Å². The summed E-state index contributed by atoms with van der Waals surface area (Å²) in [6, 6.07) is 7.88. The zero-order valence-corrected chi connectivity index (χ0v) is 13.9. The maximum atomic E-state index is 6.22. The van der Waals surface area contributed by atoms with Gasteiger partial charge in [-0.05, 0) is 24.1 Å². The molecule has 0 aliphatic heterocycles. The van der Waals surface area contributed by atoms with E-state index in [0.717, 1.165) is 34.5 Å². The molecule has 0 fully saturated rings. The molecular weight excluding hydrogens is 304 g/mol. The molecule has 4 nitrogen and oxygen atoms in total. The van der Waals surface area contributed by atoms with Crippen LogP contribution in [0.2, 0.25) is 5.02 Å². The monoisotopic (exact) mass is 324 g/mol. The fraction of sp³-hybridized carbons (Fsp3) is 0.467. The number of rotatable bonds is 7. The fourth-order valence-corrected chi connectivity index (χ4v) is 3.16. The Balaban J connectivity index is 1.87. The minimum atomic E-state index is 0.0455. The molecule has 2 aromatic rings. The second-order valence-corrected chi connectivity index (χ2v) is 7.01. The number of aromatic nitrogens is 3. The molecule has 1 heterocycles. The van der Waals surface area contributed by atoms with Crippen LogP contribution in [0.25, 0.3) is 0 Å². The summed E-state index contributed by atoms with van der Waals surface area (Å²) >= 11 is 7.70. The Morgan fingerprint density at radius 2 is 2.19 bits per heavy atom. The van der Waals surface area contributed by atoms with E-state index >= 15 is 0 Å². The predicted octanol–water partition coefficient (Wildman–Crippen LogP) is 3.25. The Kier molecular flexibility index (Phi) is 6.08. The lowest BCUT2D eigenvalue weighted by atomic mass is 10.2. The molecule has 0 aliphatic carbocycles. The number of benzene rings is 1. The molecule has 21 heavy (non-hydrogen) atoms. The highest BCUT2D eigenvalue weighted by molar-refractivity contribution is 7.99. The molecule has 0 spiro atoms. The van der Waals surface area contributed by atoms with Crippen LogP contribution < -0.4 is 5.73 Å². The van der Waals surface area contributed by atoms with Crippen LogP contribution in [0.5, 0.6) is 0 Å². The van der Waals surface area contributed by atoms with Crippen molar-refractivity contribution in [1.82, 2.24) is 14.8 Å². The Labute approximate surface area is 135 Å². The van der Waals surface area contributed by atoms with E-state index in [2.05, 4.69) is 23.9 Å². The van der Waals surface area contributed by atoms with Crippen molar-refractivity contribution in [1.29, 1.82) is 0 Å². The Hall–Kier alpha value is -1.04. The topological polar surface area (TPSA) is 56.7 Å². The first-order chi connectivity index (χ1) is 10.0. The second-order valence-electron chi connectivity index (χ2n) is 5.48. The molecule has 0 amide bonds. The first-order valence-corrected chi connectivity index (χ1v) is 8.41. The molecule has 0 saturated heterocycles. The average molecular weight is 325 g/mol. The number of hydrogen-bond donors (Lipinski definition) is 1. The molecule has 6 heteroatoms. The van der Waals surface area contributed by atoms with Crippen molar-refractivity contribution in [3.05, 3.63) is 41.4 Å². The molecular formula is C15H21ClN4S. The van der Waals surface area contributed by atoms with E-state index in [0.29, 0.717) is 5.92 Å². The Morgan fingerprint density at radius 3 is 2.90 bits per heavy atom. The van der Waals surface area contributed by atoms with Crippen LogP contribution in [0, 0.1) is 5.92 Å². The van der Waals surface area contributed by atoms with Gasteiger partial charge in [-0.1, -0.05) is 31.5 Å². The van der Waals surface area contributed by atoms with Crippen molar-refractivity contribution in [2.24, 2.45) is 11.7 Å². The van der Waals surface area contributed by atoms with Gasteiger partial charge in [0.25, 0.3) is 0 Å². The lowest BCUT2D eigenvalue weighted by molar-refractivity contribution is 0.461. The largest absolute Gasteiger partial charge is 0.327 e. The smallest absolute Gasteiger partial charge is 0.138 e. The zero-order chi connectivity index (χ0) is 15.2. The normalized spacial score (nSPS) is 12.8. The van der Waals surface area contributed by atoms with Gasteiger partial charge in [-0.15, -0.1) is 11.8 Å². The van der Waals surface area contributed by atoms with Crippen molar-refractivity contribution in [2.75, 3.05) is 5.75 Å². The highest BCUT2D eigenvalue weighted by Crippen LogP contribution is 2.22. The fourth-order valence-electron chi connectivity index (χ4n) is 2.00. The van der Waals surface area contributed by atoms with Gasteiger partial charge in [0.15, 0.2) is 0 Å². The summed E-state index contributed by atoms with van der Waals surface area (Å²) < 4.78 is 1.95. The Bertz CT molecular complexity index is 570. The van der Waals surface area contributed by atoms with Gasteiger partial charge in [-0.3, -0.25) is 0 Å². The molecule has 2 N–H and O–H groups in total. The molecule has 0 saturated carbocycles. The summed E-state index contributed by atoms with van der Waals surface area (Å²) in [5, 5.41) is 5.02. The molecule has 1 aromatic carbocycles. The van der Waals surface area contributed by atoms with Gasteiger partial charge < -0.3 is 5.73 Å². The molecule has 0 aliphatic rings. The lowest BCUT2D eigenvalue weighted by Gasteiger charge is -2.13. The van der Waals surface area contributed by atoms with Crippen LogP contribution in [-0.2, 0) is 13.0 Å². The SMILES string of the molecule is CC(C)Cn1ncnc1CC(N)CSc1cccc(Cl)c1. The van der Waals surface area contributed by atoms with E-state index in [1.54, 1.807) is 18.1 Å². The predicted molar refractivity (Wildman–Crippen MR) is 88.7 cm³/mol. The van der Waals surface area contributed by atoms with Gasteiger partial charge in [0, 0.05) is 34.7 Å². The van der Waals surface area contributed by atoms with Gasteiger partial charge >= 0.3 is 0 Å². The van der Waals surface area contributed by atoms with Crippen LogP contribution in [0.3, 0.4) is 0 Å². The van der Waals surface area contributed by atoms with Crippen molar-refractivity contribution in [2.45, 2.75) is 37.8 Å². The van der Waals surface area contributed by atoms with E-state index < -0.39 is 0 Å². The second kappa shape index (κ2) is 7.82. The first kappa shape index (κ1) is 16.3. The summed E-state index contributed by atoms with van der Waals surface area (Å²) in [5.41, 5.74) is 6.22. The van der Waals surface area contributed by atoms with E-state index in [9.17, 15) is 0 Å². The minimum absolute atomic E-state index is 0.0455. The van der Waals surface area contributed by atoms with Gasteiger partial charge in [0.05, 0.1) is 0 Å². The number of halogens is 1. The van der Waals surface area contributed by atoms with E-state index in [4.69, 9.17) is 17.3 Å². The highest BCUT2D eigenvalue weighted by Gasteiger charge is 2.11. The number of thioether (sulfide) groups is 1. The third kappa shape index (κ3) is 5.34. The zero-order valence-electron chi connectivity index (χ0n) is 12.4. The number of nitrogens with two attached hydrogens (primary N) is 1. The summed E-state index contributed by atoms with van der Waals surface area (Å²) in [7, 11) is 0. The van der Waals surface area contributed by atoms with Crippen LogP contribution >= 0.6 is 23.4 Å². The van der Waals surface area contributed by atoms with Crippen molar-refractivity contribution < 1.29 is 0 Å². The quantitative estimate of drug-likeness (QED) is 0.794. The number of nitrogens with zero attached hydrogens (tertiary/aromatic N) is 3. The molecule has 0 bridgehead atoms. The van der Waals surface area contributed by atoms with Gasteiger partial charge in [-0.25, -0.2) is 9.67 Å².